The lowest BCUT2D eigenvalue weighted by atomic mass is 10.1. The van der Waals surface area contributed by atoms with Gasteiger partial charge in [0.1, 0.15) is 5.76 Å². The average Bonchev–Trinajstić information content (AvgIpc) is 2.93. The second kappa shape index (κ2) is 8.01. The average molecular weight is 286 g/mol. The molecule has 1 aromatic heterocycles. The maximum absolute atomic E-state index is 5.41. The van der Waals surface area contributed by atoms with Crippen LogP contribution in [-0.2, 0) is 19.6 Å². The smallest absolute Gasteiger partial charge is 0.117 e. The molecule has 0 fully saturated rings. The van der Waals surface area contributed by atoms with Crippen molar-refractivity contribution in [2.24, 2.45) is 5.92 Å². The van der Waals surface area contributed by atoms with Crippen molar-refractivity contribution < 1.29 is 4.42 Å². The maximum atomic E-state index is 5.41. The van der Waals surface area contributed by atoms with Gasteiger partial charge in [-0.15, -0.1) is 0 Å². The van der Waals surface area contributed by atoms with Gasteiger partial charge in [-0.05, 0) is 42.8 Å². The van der Waals surface area contributed by atoms with Gasteiger partial charge in [-0.25, -0.2) is 0 Å². The fourth-order valence-corrected chi connectivity index (χ4v) is 2.39. The van der Waals surface area contributed by atoms with Gasteiger partial charge in [0, 0.05) is 13.1 Å². The van der Waals surface area contributed by atoms with Gasteiger partial charge in [0.15, 0.2) is 0 Å². The Hall–Kier alpha value is -1.58. The normalized spacial score (nSPS) is 11.5. The summed E-state index contributed by atoms with van der Waals surface area (Å²) in [5, 5.41) is 3.52. The summed E-state index contributed by atoms with van der Waals surface area (Å²) in [4.78, 5) is 2.28. The van der Waals surface area contributed by atoms with Crippen LogP contribution in [0.4, 0.5) is 0 Å². The van der Waals surface area contributed by atoms with Crippen LogP contribution in [0.5, 0.6) is 0 Å². The van der Waals surface area contributed by atoms with E-state index in [-0.39, 0.29) is 0 Å². The lowest BCUT2D eigenvalue weighted by Gasteiger charge is -2.18. The number of nitrogens with one attached hydrogen (secondary N) is 1. The van der Waals surface area contributed by atoms with E-state index in [1.807, 2.05) is 12.1 Å². The molecule has 0 atom stereocenters. The SMILES string of the molecule is CC(C)CNCc1ccccc1CN(C)Cc1ccco1. The van der Waals surface area contributed by atoms with Crippen LogP contribution < -0.4 is 5.32 Å². The van der Waals surface area contributed by atoms with Gasteiger partial charge in [0.2, 0.25) is 0 Å². The van der Waals surface area contributed by atoms with Crippen LogP contribution >= 0.6 is 0 Å². The first-order valence-corrected chi connectivity index (χ1v) is 7.63. The molecule has 0 aliphatic heterocycles. The third-order valence-corrected chi connectivity index (χ3v) is 3.43. The summed E-state index contributed by atoms with van der Waals surface area (Å²) in [6.45, 7) is 8.21. The van der Waals surface area contributed by atoms with E-state index in [4.69, 9.17) is 4.42 Å². The van der Waals surface area contributed by atoms with Crippen LogP contribution in [0.1, 0.15) is 30.7 Å². The van der Waals surface area contributed by atoms with Crippen molar-refractivity contribution >= 4 is 0 Å². The highest BCUT2D eigenvalue weighted by Crippen LogP contribution is 2.13. The molecule has 3 heteroatoms. The van der Waals surface area contributed by atoms with Crippen molar-refractivity contribution in [3.63, 3.8) is 0 Å². The number of nitrogens with zero attached hydrogens (tertiary/aromatic N) is 1. The van der Waals surface area contributed by atoms with Gasteiger partial charge in [0.25, 0.3) is 0 Å². The van der Waals surface area contributed by atoms with Crippen molar-refractivity contribution in [2.45, 2.75) is 33.5 Å². The minimum absolute atomic E-state index is 0.679. The summed E-state index contributed by atoms with van der Waals surface area (Å²) in [5.41, 5.74) is 2.76. The third-order valence-electron chi connectivity index (χ3n) is 3.43. The van der Waals surface area contributed by atoms with Crippen LogP contribution in [0.2, 0.25) is 0 Å². The number of benzene rings is 1. The Kier molecular flexibility index (Phi) is 6.03. The van der Waals surface area contributed by atoms with E-state index in [1.54, 1.807) is 6.26 Å². The first kappa shape index (κ1) is 15.8. The Morgan fingerprint density at radius 1 is 1.05 bits per heavy atom. The Labute approximate surface area is 128 Å². The fourth-order valence-electron chi connectivity index (χ4n) is 2.39. The molecule has 0 aliphatic carbocycles. The molecule has 0 saturated carbocycles. The number of hydrogen-bond acceptors (Lipinski definition) is 3. The van der Waals surface area contributed by atoms with Gasteiger partial charge >= 0.3 is 0 Å². The summed E-state index contributed by atoms with van der Waals surface area (Å²) in [5.74, 6) is 1.69. The molecule has 0 radical (unpaired) electrons. The largest absolute Gasteiger partial charge is 0.468 e. The first-order valence-electron chi connectivity index (χ1n) is 7.63. The summed E-state index contributed by atoms with van der Waals surface area (Å²) >= 11 is 0. The molecule has 0 bridgehead atoms. The van der Waals surface area contributed by atoms with Crippen molar-refractivity contribution in [2.75, 3.05) is 13.6 Å². The highest BCUT2D eigenvalue weighted by molar-refractivity contribution is 5.27. The topological polar surface area (TPSA) is 28.4 Å². The van der Waals surface area contributed by atoms with Gasteiger partial charge < -0.3 is 9.73 Å². The van der Waals surface area contributed by atoms with Crippen LogP contribution in [0, 0.1) is 5.92 Å². The molecule has 0 aliphatic rings. The standard InChI is InChI=1S/C18H26N2O/c1-15(2)11-19-12-16-7-4-5-8-17(16)13-20(3)14-18-9-6-10-21-18/h4-10,15,19H,11-14H2,1-3H3. The van der Waals surface area contributed by atoms with Crippen LogP contribution in [0.15, 0.2) is 47.1 Å². The molecule has 2 rings (SSSR count). The first-order chi connectivity index (χ1) is 10.1. The molecule has 1 aromatic carbocycles. The predicted molar refractivity (Wildman–Crippen MR) is 86.9 cm³/mol. The fraction of sp³-hybridized carbons (Fsp3) is 0.444. The van der Waals surface area contributed by atoms with Gasteiger partial charge in [-0.2, -0.15) is 0 Å². The van der Waals surface area contributed by atoms with Gasteiger partial charge in [-0.3, -0.25) is 4.90 Å². The number of rotatable bonds is 8. The Bertz CT molecular complexity index is 520. The van der Waals surface area contributed by atoms with Gasteiger partial charge in [-0.1, -0.05) is 38.1 Å². The second-order valence-electron chi connectivity index (χ2n) is 6.05. The molecule has 21 heavy (non-hydrogen) atoms. The zero-order valence-electron chi connectivity index (χ0n) is 13.3. The highest BCUT2D eigenvalue weighted by Gasteiger charge is 2.07. The zero-order valence-corrected chi connectivity index (χ0v) is 13.3. The molecular formula is C18H26N2O. The highest BCUT2D eigenvalue weighted by atomic mass is 16.3. The van der Waals surface area contributed by atoms with Crippen molar-refractivity contribution in [1.82, 2.24) is 10.2 Å². The van der Waals surface area contributed by atoms with E-state index in [9.17, 15) is 0 Å². The van der Waals surface area contributed by atoms with Crippen LogP contribution in [-0.4, -0.2) is 18.5 Å². The Morgan fingerprint density at radius 3 is 2.48 bits per heavy atom. The lowest BCUT2D eigenvalue weighted by molar-refractivity contribution is 0.287. The van der Waals surface area contributed by atoms with Crippen molar-refractivity contribution in [3.8, 4) is 0 Å². The Balaban J connectivity index is 1.92. The summed E-state index contributed by atoms with van der Waals surface area (Å²) in [6, 6.07) is 12.6. The molecule has 114 valence electrons. The third kappa shape index (κ3) is 5.37. The zero-order chi connectivity index (χ0) is 15.1. The van der Waals surface area contributed by atoms with Crippen molar-refractivity contribution in [1.29, 1.82) is 0 Å². The molecule has 2 aromatic rings. The second-order valence-corrected chi connectivity index (χ2v) is 6.05. The van der Waals surface area contributed by atoms with E-state index in [1.165, 1.54) is 11.1 Å². The van der Waals surface area contributed by atoms with Crippen molar-refractivity contribution in [3.05, 3.63) is 59.5 Å². The number of hydrogen-bond donors (Lipinski definition) is 1. The minimum atomic E-state index is 0.679. The van der Waals surface area contributed by atoms with E-state index in [0.29, 0.717) is 5.92 Å². The molecule has 0 saturated heterocycles. The van der Waals surface area contributed by atoms with E-state index in [0.717, 1.165) is 31.9 Å². The predicted octanol–water partition coefficient (Wildman–Crippen LogP) is 3.66. The molecule has 0 spiro atoms. The monoisotopic (exact) mass is 286 g/mol. The summed E-state index contributed by atoms with van der Waals surface area (Å²) in [7, 11) is 2.13. The molecule has 0 unspecified atom stereocenters. The lowest BCUT2D eigenvalue weighted by Crippen LogP contribution is -2.22. The quantitative estimate of drug-likeness (QED) is 0.803. The van der Waals surface area contributed by atoms with E-state index < -0.39 is 0 Å². The maximum Gasteiger partial charge on any atom is 0.117 e. The molecule has 1 N–H and O–H groups in total. The summed E-state index contributed by atoms with van der Waals surface area (Å²) in [6.07, 6.45) is 1.73. The molecular weight excluding hydrogens is 260 g/mol. The molecule has 0 amide bonds. The summed E-state index contributed by atoms with van der Waals surface area (Å²) < 4.78 is 5.41. The van der Waals surface area contributed by atoms with Crippen LogP contribution in [0.3, 0.4) is 0 Å². The molecule has 1 heterocycles. The number of furan rings is 1. The van der Waals surface area contributed by atoms with Crippen LogP contribution in [0.25, 0.3) is 0 Å². The minimum Gasteiger partial charge on any atom is -0.468 e. The Morgan fingerprint density at radius 2 is 1.81 bits per heavy atom. The van der Waals surface area contributed by atoms with E-state index in [2.05, 4.69) is 55.4 Å². The van der Waals surface area contributed by atoms with E-state index >= 15 is 0 Å². The molecule has 3 nitrogen and oxygen atoms in total. The van der Waals surface area contributed by atoms with Gasteiger partial charge in [0.05, 0.1) is 12.8 Å².